The van der Waals surface area contributed by atoms with Crippen molar-refractivity contribution in [1.29, 1.82) is 0 Å². The fourth-order valence-electron chi connectivity index (χ4n) is 4.03. The molecule has 0 saturated carbocycles. The summed E-state index contributed by atoms with van der Waals surface area (Å²) in [5.74, 6) is 0.366. The molecule has 26 heavy (non-hydrogen) atoms. The maximum Gasteiger partial charge on any atom is 0.224 e. The minimum atomic E-state index is 0.166. The average molecular weight is 357 g/mol. The molecule has 2 fully saturated rings. The van der Waals surface area contributed by atoms with Crippen molar-refractivity contribution < 1.29 is 9.59 Å². The number of carbonyl (C=O) groups excluding carboxylic acids is 2. The number of likely N-dealkylation sites (tertiary alicyclic amines) is 2. The van der Waals surface area contributed by atoms with Crippen LogP contribution in [0.25, 0.3) is 0 Å². The molecule has 1 unspecified atom stereocenters. The Balaban J connectivity index is 1.43. The van der Waals surface area contributed by atoms with E-state index in [1.165, 1.54) is 5.56 Å². The van der Waals surface area contributed by atoms with E-state index in [0.717, 1.165) is 51.9 Å². The smallest absolute Gasteiger partial charge is 0.224 e. The molecule has 0 aromatic heterocycles. The molecule has 0 aliphatic carbocycles. The summed E-state index contributed by atoms with van der Waals surface area (Å²) in [6, 6.07) is 10.9. The van der Waals surface area contributed by atoms with Crippen LogP contribution in [-0.2, 0) is 16.0 Å². The number of piperidine rings is 1. The molecule has 0 radical (unpaired) electrons. The first-order chi connectivity index (χ1) is 12.6. The fourth-order valence-corrected chi connectivity index (χ4v) is 4.03. The van der Waals surface area contributed by atoms with Crippen molar-refractivity contribution in [3.8, 4) is 0 Å². The molecule has 0 bridgehead atoms. The van der Waals surface area contributed by atoms with Crippen LogP contribution in [0.1, 0.15) is 37.7 Å². The van der Waals surface area contributed by atoms with Gasteiger partial charge in [0.1, 0.15) is 0 Å². The highest BCUT2D eigenvalue weighted by Crippen LogP contribution is 2.17. The third-order valence-corrected chi connectivity index (χ3v) is 5.75. The Labute approximate surface area is 156 Å². The molecule has 2 aliphatic heterocycles. The summed E-state index contributed by atoms with van der Waals surface area (Å²) in [5.41, 5.74) is 1.37. The van der Waals surface area contributed by atoms with Crippen molar-refractivity contribution in [2.45, 2.75) is 44.6 Å². The number of hydrogen-bond acceptors (Lipinski definition) is 3. The van der Waals surface area contributed by atoms with E-state index < -0.39 is 0 Å². The van der Waals surface area contributed by atoms with Crippen molar-refractivity contribution in [1.82, 2.24) is 14.7 Å². The molecule has 5 nitrogen and oxygen atoms in total. The van der Waals surface area contributed by atoms with E-state index in [-0.39, 0.29) is 11.8 Å². The lowest BCUT2D eigenvalue weighted by Gasteiger charge is -2.38. The summed E-state index contributed by atoms with van der Waals surface area (Å²) in [6.07, 6.45) is 5.30. The van der Waals surface area contributed by atoms with Crippen LogP contribution in [0.3, 0.4) is 0 Å². The second-order valence-electron chi connectivity index (χ2n) is 7.57. The van der Waals surface area contributed by atoms with E-state index in [2.05, 4.69) is 35.2 Å². The summed E-state index contributed by atoms with van der Waals surface area (Å²) < 4.78 is 0. The van der Waals surface area contributed by atoms with Gasteiger partial charge in [-0.25, -0.2) is 0 Å². The standard InChI is InChI=1S/C21H31N3O2/c1-22(20(25)12-16-24-14-6-10-21(24)26)19-9-5-13-23(17-19)15-11-18-7-3-2-4-8-18/h2-4,7-8,19H,5-6,9-17H2,1H3. The molecular weight excluding hydrogens is 326 g/mol. The van der Waals surface area contributed by atoms with Gasteiger partial charge in [-0.2, -0.15) is 0 Å². The number of benzene rings is 1. The number of carbonyl (C=O) groups is 2. The maximum absolute atomic E-state index is 12.6. The Morgan fingerprint density at radius 3 is 2.69 bits per heavy atom. The number of nitrogens with zero attached hydrogens (tertiary/aromatic N) is 3. The van der Waals surface area contributed by atoms with Crippen LogP contribution in [0.15, 0.2) is 30.3 Å². The van der Waals surface area contributed by atoms with Crippen LogP contribution in [0.2, 0.25) is 0 Å². The van der Waals surface area contributed by atoms with E-state index in [1.807, 2.05) is 16.8 Å². The van der Waals surface area contributed by atoms with Gasteiger partial charge in [0, 0.05) is 52.1 Å². The molecule has 2 saturated heterocycles. The second kappa shape index (κ2) is 9.17. The molecule has 2 heterocycles. The van der Waals surface area contributed by atoms with Gasteiger partial charge in [0.25, 0.3) is 0 Å². The lowest BCUT2D eigenvalue weighted by atomic mass is 10.0. The lowest BCUT2D eigenvalue weighted by molar-refractivity contribution is -0.134. The van der Waals surface area contributed by atoms with Gasteiger partial charge in [-0.15, -0.1) is 0 Å². The summed E-state index contributed by atoms with van der Waals surface area (Å²) in [7, 11) is 1.93. The first kappa shape index (κ1) is 18.9. The van der Waals surface area contributed by atoms with Crippen LogP contribution < -0.4 is 0 Å². The normalized spacial score (nSPS) is 21.2. The minimum Gasteiger partial charge on any atom is -0.342 e. The molecule has 1 aromatic rings. The van der Waals surface area contributed by atoms with Gasteiger partial charge in [0.2, 0.25) is 11.8 Å². The summed E-state index contributed by atoms with van der Waals surface area (Å²) >= 11 is 0. The SMILES string of the molecule is CN(C(=O)CCN1CCCC1=O)C1CCCN(CCc2ccccc2)C1. The van der Waals surface area contributed by atoms with Gasteiger partial charge < -0.3 is 14.7 Å². The highest BCUT2D eigenvalue weighted by Gasteiger charge is 2.27. The molecule has 1 atom stereocenters. The van der Waals surface area contributed by atoms with Gasteiger partial charge in [0.05, 0.1) is 0 Å². The average Bonchev–Trinajstić information content (AvgIpc) is 3.09. The van der Waals surface area contributed by atoms with Crippen LogP contribution in [0.4, 0.5) is 0 Å². The van der Waals surface area contributed by atoms with E-state index in [0.29, 0.717) is 25.4 Å². The van der Waals surface area contributed by atoms with Crippen LogP contribution in [-0.4, -0.2) is 72.3 Å². The molecule has 5 heteroatoms. The van der Waals surface area contributed by atoms with Crippen molar-refractivity contribution in [3.05, 3.63) is 35.9 Å². The highest BCUT2D eigenvalue weighted by atomic mass is 16.2. The lowest BCUT2D eigenvalue weighted by Crippen LogP contribution is -2.49. The van der Waals surface area contributed by atoms with Gasteiger partial charge in [0.15, 0.2) is 0 Å². The van der Waals surface area contributed by atoms with Crippen molar-refractivity contribution in [2.75, 3.05) is 39.8 Å². The predicted molar refractivity (Wildman–Crippen MR) is 103 cm³/mol. The molecule has 0 spiro atoms. The van der Waals surface area contributed by atoms with Gasteiger partial charge in [-0.05, 0) is 37.8 Å². The summed E-state index contributed by atoms with van der Waals surface area (Å²) in [6.45, 7) is 4.51. The molecule has 0 N–H and O–H groups in total. The van der Waals surface area contributed by atoms with E-state index in [1.54, 1.807) is 0 Å². The largest absolute Gasteiger partial charge is 0.342 e. The molecule has 2 aliphatic rings. The monoisotopic (exact) mass is 357 g/mol. The predicted octanol–water partition coefficient (Wildman–Crippen LogP) is 2.16. The van der Waals surface area contributed by atoms with E-state index in [4.69, 9.17) is 0 Å². The molecule has 142 valence electrons. The second-order valence-corrected chi connectivity index (χ2v) is 7.57. The Morgan fingerprint density at radius 1 is 1.15 bits per heavy atom. The number of rotatable bonds is 7. The third-order valence-electron chi connectivity index (χ3n) is 5.75. The van der Waals surface area contributed by atoms with Gasteiger partial charge in [-0.1, -0.05) is 30.3 Å². The topological polar surface area (TPSA) is 43.9 Å². The zero-order chi connectivity index (χ0) is 18.4. The number of amides is 2. The Bertz CT molecular complexity index is 605. The molecule has 1 aromatic carbocycles. The van der Waals surface area contributed by atoms with Crippen molar-refractivity contribution >= 4 is 11.8 Å². The Kier molecular flexibility index (Phi) is 6.67. The van der Waals surface area contributed by atoms with Crippen molar-refractivity contribution in [2.24, 2.45) is 0 Å². The maximum atomic E-state index is 12.6. The molecular formula is C21H31N3O2. The summed E-state index contributed by atoms with van der Waals surface area (Å²) in [5, 5.41) is 0. The van der Waals surface area contributed by atoms with Crippen LogP contribution >= 0.6 is 0 Å². The first-order valence-electron chi connectivity index (χ1n) is 9.93. The molecule has 3 rings (SSSR count). The fraction of sp³-hybridized carbons (Fsp3) is 0.619. The quantitative estimate of drug-likeness (QED) is 0.751. The third kappa shape index (κ3) is 5.07. The van der Waals surface area contributed by atoms with Crippen LogP contribution in [0, 0.1) is 0 Å². The highest BCUT2D eigenvalue weighted by molar-refractivity contribution is 5.80. The van der Waals surface area contributed by atoms with E-state index in [9.17, 15) is 9.59 Å². The minimum absolute atomic E-state index is 0.166. The van der Waals surface area contributed by atoms with Gasteiger partial charge in [-0.3, -0.25) is 9.59 Å². The van der Waals surface area contributed by atoms with Gasteiger partial charge >= 0.3 is 0 Å². The van der Waals surface area contributed by atoms with E-state index >= 15 is 0 Å². The Morgan fingerprint density at radius 2 is 1.96 bits per heavy atom. The number of likely N-dealkylation sites (N-methyl/N-ethyl adjacent to an activating group) is 1. The van der Waals surface area contributed by atoms with Crippen LogP contribution in [0.5, 0.6) is 0 Å². The van der Waals surface area contributed by atoms with Crippen molar-refractivity contribution in [3.63, 3.8) is 0 Å². The molecule has 2 amide bonds. The summed E-state index contributed by atoms with van der Waals surface area (Å²) in [4.78, 5) is 30.5. The zero-order valence-corrected chi connectivity index (χ0v) is 15.9. The zero-order valence-electron chi connectivity index (χ0n) is 15.9. The Hall–Kier alpha value is -1.88. The first-order valence-corrected chi connectivity index (χ1v) is 9.93. The number of hydrogen-bond donors (Lipinski definition) is 0.